The molecule has 0 bridgehead atoms. The van der Waals surface area contributed by atoms with E-state index in [1.54, 1.807) is 0 Å². The molecule has 20 heavy (non-hydrogen) atoms. The van der Waals surface area contributed by atoms with Crippen LogP contribution in [0.25, 0.3) is 0 Å². The summed E-state index contributed by atoms with van der Waals surface area (Å²) in [5, 5.41) is 10.3. The minimum atomic E-state index is -0.135. The highest BCUT2D eigenvalue weighted by atomic mass is 16.3. The van der Waals surface area contributed by atoms with E-state index in [2.05, 4.69) is 54.6 Å². The summed E-state index contributed by atoms with van der Waals surface area (Å²) < 4.78 is 0. The minimum absolute atomic E-state index is 0.135. The number of aliphatic hydroxyl groups excluding tert-OH is 1. The van der Waals surface area contributed by atoms with Gasteiger partial charge in [-0.3, -0.25) is 0 Å². The summed E-state index contributed by atoms with van der Waals surface area (Å²) >= 11 is 0. The van der Waals surface area contributed by atoms with Crippen LogP contribution in [0.3, 0.4) is 0 Å². The Labute approximate surface area is 121 Å². The van der Waals surface area contributed by atoms with Gasteiger partial charge >= 0.3 is 0 Å². The molecule has 0 aliphatic heterocycles. The number of benzene rings is 2. The van der Waals surface area contributed by atoms with Crippen LogP contribution >= 0.6 is 0 Å². The molecule has 3 rings (SSSR count). The van der Waals surface area contributed by atoms with E-state index >= 15 is 0 Å². The number of hydrogen-bond acceptors (Lipinski definition) is 1. The highest BCUT2D eigenvalue weighted by Gasteiger charge is 2.42. The lowest BCUT2D eigenvalue weighted by molar-refractivity contribution is 0.136. The Morgan fingerprint density at radius 2 is 1.60 bits per heavy atom. The molecular weight excluding hydrogens is 244 g/mol. The molecule has 1 aliphatic carbocycles. The van der Waals surface area contributed by atoms with Gasteiger partial charge in [-0.1, -0.05) is 60.7 Å². The smallest absolute Gasteiger partial charge is 0.0574 e. The molecule has 1 N–H and O–H groups in total. The molecule has 0 heterocycles. The van der Waals surface area contributed by atoms with Crippen molar-refractivity contribution in [3.63, 3.8) is 0 Å². The molecule has 0 saturated heterocycles. The molecule has 1 saturated carbocycles. The normalized spacial score (nSPS) is 22.4. The molecular formula is C19H22O. The van der Waals surface area contributed by atoms with E-state index in [1.165, 1.54) is 11.1 Å². The SMILES string of the molecule is OC(CCCc1ccccc1)C1CC1c1ccccc1. The Bertz CT molecular complexity index is 520. The average molecular weight is 266 g/mol. The van der Waals surface area contributed by atoms with Gasteiger partial charge < -0.3 is 5.11 Å². The monoisotopic (exact) mass is 266 g/mol. The van der Waals surface area contributed by atoms with Crippen LogP contribution < -0.4 is 0 Å². The summed E-state index contributed by atoms with van der Waals surface area (Å²) in [5.41, 5.74) is 2.76. The second kappa shape index (κ2) is 6.23. The summed E-state index contributed by atoms with van der Waals surface area (Å²) in [5.74, 6) is 1.07. The van der Waals surface area contributed by atoms with E-state index in [1.807, 2.05) is 6.07 Å². The Balaban J connectivity index is 1.44. The van der Waals surface area contributed by atoms with Crippen LogP contribution in [0.1, 0.15) is 36.3 Å². The van der Waals surface area contributed by atoms with Gasteiger partial charge in [0, 0.05) is 0 Å². The van der Waals surface area contributed by atoms with Gasteiger partial charge in [0.05, 0.1) is 6.10 Å². The maximum Gasteiger partial charge on any atom is 0.0574 e. The van der Waals surface area contributed by atoms with Crippen molar-refractivity contribution in [2.45, 2.75) is 37.7 Å². The van der Waals surface area contributed by atoms with Gasteiger partial charge in [0.15, 0.2) is 0 Å². The van der Waals surface area contributed by atoms with E-state index in [0.29, 0.717) is 11.8 Å². The molecule has 0 radical (unpaired) electrons. The predicted molar refractivity (Wildman–Crippen MR) is 82.7 cm³/mol. The number of rotatable bonds is 6. The van der Waals surface area contributed by atoms with Gasteiger partial charge in [0.2, 0.25) is 0 Å². The molecule has 2 aromatic rings. The first-order chi connectivity index (χ1) is 9.84. The maximum atomic E-state index is 10.3. The third-order valence-corrected chi connectivity index (χ3v) is 4.37. The Kier molecular flexibility index (Phi) is 4.17. The van der Waals surface area contributed by atoms with Crippen molar-refractivity contribution >= 4 is 0 Å². The second-order valence-electron chi connectivity index (χ2n) is 5.86. The fourth-order valence-corrected chi connectivity index (χ4v) is 3.10. The fourth-order valence-electron chi connectivity index (χ4n) is 3.10. The quantitative estimate of drug-likeness (QED) is 0.832. The van der Waals surface area contributed by atoms with Crippen molar-refractivity contribution in [3.8, 4) is 0 Å². The van der Waals surface area contributed by atoms with E-state index in [-0.39, 0.29) is 6.10 Å². The first-order valence-electron chi connectivity index (χ1n) is 7.61. The van der Waals surface area contributed by atoms with E-state index in [9.17, 15) is 5.11 Å². The molecule has 2 aromatic carbocycles. The molecule has 1 heteroatoms. The van der Waals surface area contributed by atoms with Gasteiger partial charge in [-0.15, -0.1) is 0 Å². The highest BCUT2D eigenvalue weighted by Crippen LogP contribution is 2.50. The number of aliphatic hydroxyl groups is 1. The molecule has 0 spiro atoms. The largest absolute Gasteiger partial charge is 0.393 e. The number of hydrogen-bond donors (Lipinski definition) is 1. The van der Waals surface area contributed by atoms with Crippen molar-refractivity contribution < 1.29 is 5.11 Å². The minimum Gasteiger partial charge on any atom is -0.393 e. The van der Waals surface area contributed by atoms with E-state index in [4.69, 9.17) is 0 Å². The number of aryl methyl sites for hydroxylation is 1. The van der Waals surface area contributed by atoms with Crippen molar-refractivity contribution in [1.29, 1.82) is 0 Å². The second-order valence-corrected chi connectivity index (χ2v) is 5.86. The molecule has 0 aromatic heterocycles. The van der Waals surface area contributed by atoms with Crippen LogP contribution in [-0.4, -0.2) is 11.2 Å². The van der Waals surface area contributed by atoms with Crippen LogP contribution in [0.5, 0.6) is 0 Å². The molecule has 1 nitrogen and oxygen atoms in total. The molecule has 3 unspecified atom stereocenters. The Morgan fingerprint density at radius 1 is 0.950 bits per heavy atom. The summed E-state index contributed by atoms with van der Waals surface area (Å²) in [4.78, 5) is 0. The lowest BCUT2D eigenvalue weighted by Gasteiger charge is -2.10. The zero-order valence-electron chi connectivity index (χ0n) is 11.8. The van der Waals surface area contributed by atoms with Gasteiger partial charge in [0.1, 0.15) is 0 Å². The standard InChI is InChI=1S/C19H22O/c20-19(13-7-10-15-8-3-1-4-9-15)18-14-17(18)16-11-5-2-6-12-16/h1-6,8-9,11-12,17-20H,7,10,13-14H2. The molecule has 1 aliphatic rings. The lowest BCUT2D eigenvalue weighted by Crippen LogP contribution is -2.10. The summed E-state index contributed by atoms with van der Waals surface area (Å²) in [6.07, 6.45) is 4.08. The van der Waals surface area contributed by atoms with Gasteiger partial charge in [-0.05, 0) is 48.6 Å². The van der Waals surface area contributed by atoms with Crippen LogP contribution in [-0.2, 0) is 6.42 Å². The van der Waals surface area contributed by atoms with Gasteiger partial charge in [-0.2, -0.15) is 0 Å². The summed E-state index contributed by atoms with van der Waals surface area (Å²) in [6, 6.07) is 21.1. The van der Waals surface area contributed by atoms with Crippen LogP contribution in [0, 0.1) is 5.92 Å². The van der Waals surface area contributed by atoms with Crippen LogP contribution in [0.2, 0.25) is 0 Å². The zero-order chi connectivity index (χ0) is 13.8. The first-order valence-corrected chi connectivity index (χ1v) is 7.61. The van der Waals surface area contributed by atoms with Crippen molar-refractivity contribution in [2.75, 3.05) is 0 Å². The maximum absolute atomic E-state index is 10.3. The van der Waals surface area contributed by atoms with Gasteiger partial charge in [-0.25, -0.2) is 0 Å². The third-order valence-electron chi connectivity index (χ3n) is 4.37. The Morgan fingerprint density at radius 3 is 2.30 bits per heavy atom. The Hall–Kier alpha value is -1.60. The predicted octanol–water partition coefficient (Wildman–Crippen LogP) is 4.17. The van der Waals surface area contributed by atoms with Crippen molar-refractivity contribution in [3.05, 3.63) is 71.8 Å². The fraction of sp³-hybridized carbons (Fsp3) is 0.368. The average Bonchev–Trinajstić information content (AvgIpc) is 3.30. The highest BCUT2D eigenvalue weighted by molar-refractivity contribution is 5.26. The molecule has 0 amide bonds. The van der Waals surface area contributed by atoms with Crippen LogP contribution in [0.4, 0.5) is 0 Å². The van der Waals surface area contributed by atoms with E-state index < -0.39 is 0 Å². The van der Waals surface area contributed by atoms with Crippen molar-refractivity contribution in [2.24, 2.45) is 5.92 Å². The molecule has 104 valence electrons. The molecule has 3 atom stereocenters. The van der Waals surface area contributed by atoms with Crippen LogP contribution in [0.15, 0.2) is 60.7 Å². The van der Waals surface area contributed by atoms with Crippen molar-refractivity contribution in [1.82, 2.24) is 0 Å². The van der Waals surface area contributed by atoms with Gasteiger partial charge in [0.25, 0.3) is 0 Å². The zero-order valence-corrected chi connectivity index (χ0v) is 11.8. The molecule has 1 fully saturated rings. The summed E-state index contributed by atoms with van der Waals surface area (Å²) in [7, 11) is 0. The first kappa shape index (κ1) is 13.4. The lowest BCUT2D eigenvalue weighted by atomic mass is 10.0. The van der Waals surface area contributed by atoms with E-state index in [0.717, 1.165) is 25.7 Å². The topological polar surface area (TPSA) is 20.2 Å². The summed E-state index contributed by atoms with van der Waals surface area (Å²) in [6.45, 7) is 0. The third kappa shape index (κ3) is 3.29.